The summed E-state index contributed by atoms with van der Waals surface area (Å²) in [5.74, 6) is 0.163. The minimum absolute atomic E-state index is 0.0198. The number of hydrogen-bond acceptors (Lipinski definition) is 4. The SMILES string of the molecule is NCCCOC1CCN(C(=O)C2CCCN(C(=O)NC3CCCC3)C2)CC1. The van der Waals surface area contributed by atoms with Crippen LogP contribution in [-0.4, -0.2) is 73.2 Å². The lowest BCUT2D eigenvalue weighted by Crippen LogP contribution is -2.52. The Morgan fingerprint density at radius 2 is 1.70 bits per heavy atom. The van der Waals surface area contributed by atoms with Crippen molar-refractivity contribution in [1.29, 1.82) is 0 Å². The van der Waals surface area contributed by atoms with E-state index in [1.165, 1.54) is 12.8 Å². The first kappa shape index (κ1) is 20.4. The van der Waals surface area contributed by atoms with E-state index >= 15 is 0 Å². The van der Waals surface area contributed by atoms with Gasteiger partial charge in [0.15, 0.2) is 0 Å². The number of nitrogens with two attached hydrogens (primary N) is 1. The molecule has 3 amide bonds. The Bertz CT molecular complexity index is 488. The van der Waals surface area contributed by atoms with Crippen LogP contribution in [0, 0.1) is 5.92 Å². The highest BCUT2D eigenvalue weighted by Gasteiger charge is 2.33. The summed E-state index contributed by atoms with van der Waals surface area (Å²) in [6.07, 6.45) is 9.32. The third kappa shape index (κ3) is 5.82. The summed E-state index contributed by atoms with van der Waals surface area (Å²) in [4.78, 5) is 29.3. The second-order valence-corrected chi connectivity index (χ2v) is 8.25. The number of urea groups is 1. The van der Waals surface area contributed by atoms with Gasteiger partial charge in [-0.25, -0.2) is 4.79 Å². The van der Waals surface area contributed by atoms with Crippen molar-refractivity contribution in [1.82, 2.24) is 15.1 Å². The molecule has 3 N–H and O–H groups in total. The number of amides is 3. The average molecular weight is 381 g/mol. The predicted octanol–water partition coefficient (Wildman–Crippen LogP) is 1.71. The first-order chi connectivity index (χ1) is 13.2. The molecule has 3 rings (SSSR count). The van der Waals surface area contributed by atoms with Crippen molar-refractivity contribution in [3.8, 4) is 0 Å². The van der Waals surface area contributed by atoms with Crippen LogP contribution in [0.1, 0.15) is 57.8 Å². The third-order valence-corrected chi connectivity index (χ3v) is 6.20. The average Bonchev–Trinajstić information content (AvgIpc) is 3.21. The molecule has 0 aromatic rings. The van der Waals surface area contributed by atoms with Gasteiger partial charge in [0.05, 0.1) is 12.0 Å². The standard InChI is InChI=1S/C20H36N4O3/c21-10-4-14-27-18-8-12-23(13-9-18)19(25)16-5-3-11-24(15-16)20(26)22-17-6-1-2-7-17/h16-18H,1-15,21H2,(H,22,26). The minimum Gasteiger partial charge on any atom is -0.378 e. The fourth-order valence-corrected chi connectivity index (χ4v) is 4.53. The highest BCUT2D eigenvalue weighted by atomic mass is 16.5. The number of nitrogens with zero attached hydrogens (tertiary/aromatic N) is 2. The van der Waals surface area contributed by atoms with E-state index in [4.69, 9.17) is 10.5 Å². The molecule has 1 atom stereocenters. The van der Waals surface area contributed by atoms with Crippen molar-refractivity contribution in [2.75, 3.05) is 39.3 Å². The van der Waals surface area contributed by atoms with Crippen LogP contribution in [0.15, 0.2) is 0 Å². The van der Waals surface area contributed by atoms with E-state index in [0.29, 0.717) is 25.7 Å². The van der Waals surface area contributed by atoms with Gasteiger partial charge in [0.1, 0.15) is 0 Å². The van der Waals surface area contributed by atoms with Crippen molar-refractivity contribution in [2.45, 2.75) is 69.9 Å². The van der Waals surface area contributed by atoms with E-state index < -0.39 is 0 Å². The van der Waals surface area contributed by atoms with Crippen molar-refractivity contribution in [3.63, 3.8) is 0 Å². The molecule has 1 unspecified atom stereocenters. The Labute approximate surface area is 163 Å². The Balaban J connectivity index is 1.42. The van der Waals surface area contributed by atoms with Gasteiger partial charge in [-0.2, -0.15) is 0 Å². The maximum Gasteiger partial charge on any atom is 0.317 e. The zero-order valence-corrected chi connectivity index (χ0v) is 16.5. The van der Waals surface area contributed by atoms with Gasteiger partial charge in [0.2, 0.25) is 5.91 Å². The first-order valence-corrected chi connectivity index (χ1v) is 10.8. The Morgan fingerprint density at radius 1 is 0.963 bits per heavy atom. The second-order valence-electron chi connectivity index (χ2n) is 8.25. The van der Waals surface area contributed by atoms with Gasteiger partial charge in [-0.1, -0.05) is 12.8 Å². The summed E-state index contributed by atoms with van der Waals surface area (Å²) in [6.45, 7) is 4.21. The Hall–Kier alpha value is -1.34. The number of piperidine rings is 2. The molecule has 1 saturated carbocycles. The van der Waals surface area contributed by atoms with Crippen molar-refractivity contribution >= 4 is 11.9 Å². The molecule has 1 aliphatic carbocycles. The van der Waals surface area contributed by atoms with E-state index in [1.54, 1.807) is 0 Å². The third-order valence-electron chi connectivity index (χ3n) is 6.20. The molecule has 27 heavy (non-hydrogen) atoms. The Morgan fingerprint density at radius 3 is 2.41 bits per heavy atom. The van der Waals surface area contributed by atoms with Crippen LogP contribution < -0.4 is 11.1 Å². The van der Waals surface area contributed by atoms with Crippen LogP contribution in [0.5, 0.6) is 0 Å². The summed E-state index contributed by atoms with van der Waals surface area (Å²) < 4.78 is 5.83. The van der Waals surface area contributed by atoms with Gasteiger partial charge < -0.3 is 25.6 Å². The molecule has 0 bridgehead atoms. The van der Waals surface area contributed by atoms with Crippen LogP contribution in [-0.2, 0) is 9.53 Å². The molecular weight excluding hydrogens is 344 g/mol. The summed E-state index contributed by atoms with van der Waals surface area (Å²) in [5, 5.41) is 3.15. The summed E-state index contributed by atoms with van der Waals surface area (Å²) in [6, 6.07) is 0.346. The zero-order chi connectivity index (χ0) is 19.1. The van der Waals surface area contributed by atoms with E-state index in [9.17, 15) is 9.59 Å². The molecule has 0 radical (unpaired) electrons. The normalized spacial score (nSPS) is 25.0. The molecule has 0 spiro atoms. The molecule has 7 nitrogen and oxygen atoms in total. The topological polar surface area (TPSA) is 87.9 Å². The van der Waals surface area contributed by atoms with E-state index in [0.717, 1.165) is 64.6 Å². The highest BCUT2D eigenvalue weighted by Crippen LogP contribution is 2.23. The molecular formula is C20H36N4O3. The van der Waals surface area contributed by atoms with Crippen molar-refractivity contribution in [2.24, 2.45) is 11.7 Å². The second kappa shape index (κ2) is 10.3. The number of ether oxygens (including phenoxy) is 1. The van der Waals surface area contributed by atoms with Gasteiger partial charge in [0.25, 0.3) is 0 Å². The predicted molar refractivity (Wildman–Crippen MR) is 104 cm³/mol. The van der Waals surface area contributed by atoms with E-state index in [2.05, 4.69) is 5.32 Å². The number of likely N-dealkylation sites (tertiary alicyclic amines) is 2. The molecule has 3 fully saturated rings. The highest BCUT2D eigenvalue weighted by molar-refractivity contribution is 5.81. The summed E-state index contributed by atoms with van der Waals surface area (Å²) in [7, 11) is 0. The monoisotopic (exact) mass is 380 g/mol. The minimum atomic E-state index is -0.0530. The van der Waals surface area contributed by atoms with Crippen LogP contribution in [0.2, 0.25) is 0 Å². The number of nitrogens with one attached hydrogen (secondary N) is 1. The van der Waals surface area contributed by atoms with Crippen molar-refractivity contribution < 1.29 is 14.3 Å². The first-order valence-electron chi connectivity index (χ1n) is 10.8. The lowest BCUT2D eigenvalue weighted by Gasteiger charge is -2.38. The maximum absolute atomic E-state index is 12.9. The molecule has 2 aliphatic heterocycles. The molecule has 2 saturated heterocycles. The van der Waals surface area contributed by atoms with Gasteiger partial charge in [-0.15, -0.1) is 0 Å². The molecule has 2 heterocycles. The zero-order valence-electron chi connectivity index (χ0n) is 16.5. The molecule has 0 aromatic heterocycles. The summed E-state index contributed by atoms with van der Waals surface area (Å²) >= 11 is 0. The fraction of sp³-hybridized carbons (Fsp3) is 0.900. The lowest BCUT2D eigenvalue weighted by atomic mass is 9.95. The number of carbonyl (C=O) groups is 2. The van der Waals surface area contributed by atoms with Gasteiger partial charge >= 0.3 is 6.03 Å². The number of carbonyl (C=O) groups excluding carboxylic acids is 2. The fourth-order valence-electron chi connectivity index (χ4n) is 4.53. The Kier molecular flexibility index (Phi) is 7.76. The van der Waals surface area contributed by atoms with Crippen LogP contribution in [0.4, 0.5) is 4.79 Å². The van der Waals surface area contributed by atoms with Crippen LogP contribution >= 0.6 is 0 Å². The molecule has 0 aromatic carbocycles. The van der Waals surface area contributed by atoms with Crippen molar-refractivity contribution in [3.05, 3.63) is 0 Å². The largest absolute Gasteiger partial charge is 0.378 e. The molecule has 154 valence electrons. The number of hydrogen-bond donors (Lipinski definition) is 2. The van der Waals surface area contributed by atoms with Crippen LogP contribution in [0.3, 0.4) is 0 Å². The quantitative estimate of drug-likeness (QED) is 0.687. The molecule has 3 aliphatic rings. The number of rotatable bonds is 6. The van der Waals surface area contributed by atoms with Gasteiger partial charge in [-0.3, -0.25) is 4.79 Å². The van der Waals surface area contributed by atoms with E-state index in [-0.39, 0.29) is 24.0 Å². The van der Waals surface area contributed by atoms with E-state index in [1.807, 2.05) is 9.80 Å². The summed E-state index contributed by atoms with van der Waals surface area (Å²) in [5.41, 5.74) is 5.50. The van der Waals surface area contributed by atoms with Crippen LogP contribution in [0.25, 0.3) is 0 Å². The van der Waals surface area contributed by atoms with Gasteiger partial charge in [-0.05, 0) is 51.5 Å². The smallest absolute Gasteiger partial charge is 0.317 e. The maximum atomic E-state index is 12.9. The van der Waals surface area contributed by atoms with Gasteiger partial charge in [0, 0.05) is 38.8 Å². The lowest BCUT2D eigenvalue weighted by molar-refractivity contribution is -0.139. The molecule has 7 heteroatoms.